The zero-order valence-corrected chi connectivity index (χ0v) is 12.3. The van der Waals surface area contributed by atoms with Crippen LogP contribution in [0.3, 0.4) is 0 Å². The van der Waals surface area contributed by atoms with E-state index in [-0.39, 0.29) is 5.84 Å². The van der Waals surface area contributed by atoms with E-state index in [9.17, 15) is 0 Å². The summed E-state index contributed by atoms with van der Waals surface area (Å²) in [6.45, 7) is 2.10. The molecule has 0 radical (unpaired) electrons. The molecule has 2 rings (SSSR count). The van der Waals surface area contributed by atoms with Crippen LogP contribution in [0.4, 0.5) is 5.69 Å². The Morgan fingerprint density at radius 3 is 2.79 bits per heavy atom. The summed E-state index contributed by atoms with van der Waals surface area (Å²) in [6, 6.07) is 6.69. The van der Waals surface area contributed by atoms with Crippen LogP contribution < -0.4 is 10.6 Å². The van der Waals surface area contributed by atoms with Crippen LogP contribution in [0.25, 0.3) is 0 Å². The Balaban J connectivity index is 2.43. The largest absolute Gasteiger partial charge is 0.409 e. The fourth-order valence-electron chi connectivity index (χ4n) is 2.37. The van der Waals surface area contributed by atoms with E-state index in [0.717, 1.165) is 21.9 Å². The highest BCUT2D eigenvalue weighted by molar-refractivity contribution is 7.99. The van der Waals surface area contributed by atoms with Crippen LogP contribution >= 0.6 is 11.8 Å². The summed E-state index contributed by atoms with van der Waals surface area (Å²) in [6.07, 6.45) is 3.73. The number of rotatable bonds is 5. The van der Waals surface area contributed by atoms with E-state index in [1.807, 2.05) is 18.2 Å². The highest BCUT2D eigenvalue weighted by atomic mass is 32.2. The third-order valence-corrected chi connectivity index (χ3v) is 4.61. The van der Waals surface area contributed by atoms with Gasteiger partial charge in [-0.1, -0.05) is 18.1 Å². The van der Waals surface area contributed by atoms with E-state index < -0.39 is 0 Å². The zero-order chi connectivity index (χ0) is 13.8. The van der Waals surface area contributed by atoms with Crippen molar-refractivity contribution in [2.45, 2.75) is 37.1 Å². The highest BCUT2D eigenvalue weighted by Crippen LogP contribution is 2.34. The number of hydrogen-bond donors (Lipinski definition) is 2. The second-order valence-electron chi connectivity index (χ2n) is 4.76. The lowest BCUT2D eigenvalue weighted by atomic mass is 9.91. The van der Waals surface area contributed by atoms with Crippen LogP contribution in [0.1, 0.15) is 31.7 Å². The quantitative estimate of drug-likeness (QED) is 0.286. The molecule has 0 aromatic heterocycles. The maximum absolute atomic E-state index is 9.03. The number of benzene rings is 1. The number of anilines is 1. The molecule has 0 saturated heterocycles. The molecule has 1 saturated carbocycles. The first kappa shape index (κ1) is 14.1. The topological polar surface area (TPSA) is 61.8 Å². The van der Waals surface area contributed by atoms with Crippen molar-refractivity contribution >= 4 is 23.3 Å². The fourth-order valence-corrected chi connectivity index (χ4v) is 3.21. The first-order valence-electron chi connectivity index (χ1n) is 6.65. The Kier molecular flexibility index (Phi) is 4.58. The number of nitrogens with two attached hydrogens (primary N) is 1. The van der Waals surface area contributed by atoms with E-state index in [4.69, 9.17) is 10.9 Å². The maximum Gasteiger partial charge on any atom is 0.173 e. The monoisotopic (exact) mass is 279 g/mol. The molecule has 1 aromatic rings. The summed E-state index contributed by atoms with van der Waals surface area (Å²) >= 11 is 1.72. The Bertz CT molecular complexity index is 472. The van der Waals surface area contributed by atoms with Gasteiger partial charge in [-0.15, -0.1) is 11.8 Å². The number of oxime groups is 1. The van der Waals surface area contributed by atoms with Gasteiger partial charge >= 0.3 is 0 Å². The van der Waals surface area contributed by atoms with E-state index in [1.165, 1.54) is 19.3 Å². The van der Waals surface area contributed by atoms with Crippen molar-refractivity contribution in [3.8, 4) is 0 Å². The third-order valence-electron chi connectivity index (χ3n) is 3.67. The van der Waals surface area contributed by atoms with Crippen molar-refractivity contribution in [2.24, 2.45) is 10.9 Å². The van der Waals surface area contributed by atoms with Crippen LogP contribution in [0.5, 0.6) is 0 Å². The average Bonchev–Trinajstić information content (AvgIpc) is 2.36. The molecule has 0 spiro atoms. The molecular weight excluding hydrogens is 258 g/mol. The average molecular weight is 279 g/mol. The first-order chi connectivity index (χ1) is 9.19. The number of nitrogens with zero attached hydrogens (tertiary/aromatic N) is 2. The van der Waals surface area contributed by atoms with Gasteiger partial charge in [-0.05, 0) is 37.1 Å². The van der Waals surface area contributed by atoms with Crippen LogP contribution in [-0.2, 0) is 0 Å². The van der Waals surface area contributed by atoms with Crippen molar-refractivity contribution < 1.29 is 5.21 Å². The predicted molar refractivity (Wildman–Crippen MR) is 81.4 cm³/mol. The lowest BCUT2D eigenvalue weighted by molar-refractivity contribution is 0.318. The van der Waals surface area contributed by atoms with E-state index in [1.54, 1.807) is 11.8 Å². The number of thioether (sulfide) groups is 1. The second-order valence-corrected chi connectivity index (χ2v) is 6.07. The molecule has 0 amide bonds. The van der Waals surface area contributed by atoms with Crippen LogP contribution in [0.15, 0.2) is 28.3 Å². The summed E-state index contributed by atoms with van der Waals surface area (Å²) in [4.78, 5) is 3.33. The van der Waals surface area contributed by atoms with E-state index in [0.29, 0.717) is 6.04 Å². The van der Waals surface area contributed by atoms with E-state index >= 15 is 0 Å². The first-order valence-corrected chi connectivity index (χ1v) is 7.64. The molecule has 1 aromatic carbocycles. The molecule has 0 bridgehead atoms. The molecule has 19 heavy (non-hydrogen) atoms. The Hall–Kier alpha value is -1.36. The molecule has 0 atom stereocenters. The van der Waals surface area contributed by atoms with Gasteiger partial charge in [0.15, 0.2) is 5.84 Å². The van der Waals surface area contributed by atoms with Gasteiger partial charge in [0, 0.05) is 23.7 Å². The molecule has 0 aliphatic heterocycles. The van der Waals surface area contributed by atoms with Gasteiger partial charge in [-0.25, -0.2) is 0 Å². The Labute approximate surface area is 118 Å². The lowest BCUT2D eigenvalue weighted by Gasteiger charge is -2.37. The normalized spacial score (nSPS) is 16.2. The fraction of sp³-hybridized carbons (Fsp3) is 0.500. The van der Waals surface area contributed by atoms with Crippen molar-refractivity contribution in [3.63, 3.8) is 0 Å². The highest BCUT2D eigenvalue weighted by Gasteiger charge is 2.25. The summed E-state index contributed by atoms with van der Waals surface area (Å²) < 4.78 is 0. The molecule has 0 heterocycles. The number of amidine groups is 1. The van der Waals surface area contributed by atoms with Gasteiger partial charge in [-0.2, -0.15) is 0 Å². The molecule has 0 unspecified atom stereocenters. The van der Waals surface area contributed by atoms with Gasteiger partial charge in [-0.3, -0.25) is 0 Å². The zero-order valence-electron chi connectivity index (χ0n) is 11.5. The number of hydrogen-bond acceptors (Lipinski definition) is 4. The summed E-state index contributed by atoms with van der Waals surface area (Å²) in [5.74, 6) is 1.15. The van der Waals surface area contributed by atoms with Gasteiger partial charge in [0.25, 0.3) is 0 Å². The molecule has 1 aliphatic rings. The van der Waals surface area contributed by atoms with Gasteiger partial charge in [0.2, 0.25) is 0 Å². The standard InChI is InChI=1S/C14H21N3OS/c1-3-19-12-9-5-8-11(13(12)14(15)16-18)17(2)10-6-4-7-10/h5,8-10,18H,3-4,6-7H2,1-2H3,(H2,15,16). The molecule has 5 heteroatoms. The van der Waals surface area contributed by atoms with Crippen molar-refractivity contribution in [2.75, 3.05) is 17.7 Å². The SMILES string of the molecule is CCSc1cccc(N(C)C2CCC2)c1/C(N)=N/O. The summed E-state index contributed by atoms with van der Waals surface area (Å²) in [7, 11) is 2.09. The predicted octanol–water partition coefficient (Wildman–Crippen LogP) is 2.88. The molecule has 104 valence electrons. The smallest absolute Gasteiger partial charge is 0.173 e. The van der Waals surface area contributed by atoms with Crippen LogP contribution in [-0.4, -0.2) is 29.9 Å². The molecule has 1 aliphatic carbocycles. The van der Waals surface area contributed by atoms with Gasteiger partial charge < -0.3 is 15.8 Å². The minimum absolute atomic E-state index is 0.192. The molecular formula is C14H21N3OS. The molecule has 1 fully saturated rings. The van der Waals surface area contributed by atoms with Crippen molar-refractivity contribution in [1.82, 2.24) is 0 Å². The van der Waals surface area contributed by atoms with E-state index in [2.05, 4.69) is 24.0 Å². The molecule has 3 N–H and O–H groups in total. The van der Waals surface area contributed by atoms with Gasteiger partial charge in [0.05, 0.1) is 5.56 Å². The summed E-state index contributed by atoms with van der Waals surface area (Å²) in [5.41, 5.74) is 7.79. The van der Waals surface area contributed by atoms with Gasteiger partial charge in [0.1, 0.15) is 0 Å². The minimum atomic E-state index is 0.192. The minimum Gasteiger partial charge on any atom is -0.409 e. The Morgan fingerprint density at radius 1 is 1.53 bits per heavy atom. The summed E-state index contributed by atoms with van der Waals surface area (Å²) in [5, 5.41) is 12.2. The third kappa shape index (κ3) is 2.81. The second kappa shape index (κ2) is 6.19. The maximum atomic E-state index is 9.03. The van der Waals surface area contributed by atoms with Crippen LogP contribution in [0.2, 0.25) is 0 Å². The lowest BCUT2D eigenvalue weighted by Crippen LogP contribution is -2.38. The molecule has 4 nitrogen and oxygen atoms in total. The van der Waals surface area contributed by atoms with Crippen molar-refractivity contribution in [3.05, 3.63) is 23.8 Å². The van der Waals surface area contributed by atoms with Crippen LogP contribution in [0, 0.1) is 0 Å². The van der Waals surface area contributed by atoms with Crippen molar-refractivity contribution in [1.29, 1.82) is 0 Å². The Morgan fingerprint density at radius 2 is 2.26 bits per heavy atom.